The number of aromatic nitrogens is 2. The molecule has 4 rings (SSSR count). The number of nitrogens with zero attached hydrogens (tertiary/aromatic N) is 3. The highest BCUT2D eigenvalue weighted by atomic mass is 16.2. The van der Waals surface area contributed by atoms with Crippen LogP contribution in [0.2, 0.25) is 0 Å². The maximum atomic E-state index is 11.6. The Kier molecular flexibility index (Phi) is 5.01. The molecule has 2 aromatic carbocycles. The van der Waals surface area contributed by atoms with E-state index in [9.17, 15) is 9.59 Å². The molecular formula is C22H23N3O2. The summed E-state index contributed by atoms with van der Waals surface area (Å²) in [6.07, 6.45) is 3.53. The summed E-state index contributed by atoms with van der Waals surface area (Å²) in [5, 5.41) is 6.02. The van der Waals surface area contributed by atoms with Gasteiger partial charge < -0.3 is 0 Å². The number of rotatable bonds is 7. The molecule has 0 aliphatic carbocycles. The molecule has 1 aliphatic rings. The summed E-state index contributed by atoms with van der Waals surface area (Å²) < 4.78 is 2.07. The molecule has 5 heteroatoms. The van der Waals surface area contributed by atoms with Crippen molar-refractivity contribution in [2.45, 2.75) is 38.6 Å². The van der Waals surface area contributed by atoms with Crippen LogP contribution < -0.4 is 0 Å². The third-order valence-electron chi connectivity index (χ3n) is 5.11. The van der Waals surface area contributed by atoms with Crippen LogP contribution in [0.15, 0.2) is 54.6 Å². The Morgan fingerprint density at radius 1 is 0.778 bits per heavy atom. The molecule has 0 atom stereocenters. The first kappa shape index (κ1) is 17.5. The molecule has 0 N–H and O–H groups in total. The lowest BCUT2D eigenvalue weighted by atomic mass is 10.1. The number of para-hydroxylation sites is 1. The van der Waals surface area contributed by atoms with E-state index in [2.05, 4.69) is 28.9 Å². The van der Waals surface area contributed by atoms with Crippen molar-refractivity contribution in [3.63, 3.8) is 0 Å². The number of imide groups is 1. The first-order valence-corrected chi connectivity index (χ1v) is 9.58. The summed E-state index contributed by atoms with van der Waals surface area (Å²) in [7, 11) is 0. The minimum absolute atomic E-state index is 0.0226. The predicted octanol–water partition coefficient (Wildman–Crippen LogP) is 4.02. The minimum atomic E-state index is -0.0226. The first-order chi connectivity index (χ1) is 13.2. The Morgan fingerprint density at radius 2 is 1.44 bits per heavy atom. The second-order valence-electron chi connectivity index (χ2n) is 6.95. The fourth-order valence-corrected chi connectivity index (χ4v) is 3.69. The highest BCUT2D eigenvalue weighted by Gasteiger charge is 2.27. The molecule has 1 saturated heterocycles. The van der Waals surface area contributed by atoms with Crippen LogP contribution in [0.25, 0.3) is 22.2 Å². The fourth-order valence-electron chi connectivity index (χ4n) is 3.69. The minimum Gasteiger partial charge on any atom is -0.283 e. The molecule has 0 radical (unpaired) electrons. The molecule has 1 fully saturated rings. The number of amides is 2. The van der Waals surface area contributed by atoms with Gasteiger partial charge in [-0.2, -0.15) is 5.10 Å². The van der Waals surface area contributed by atoms with Gasteiger partial charge in [-0.05, 0) is 25.3 Å². The van der Waals surface area contributed by atoms with Crippen molar-refractivity contribution >= 4 is 22.7 Å². The average Bonchev–Trinajstić information content (AvgIpc) is 3.23. The zero-order valence-corrected chi connectivity index (χ0v) is 15.3. The van der Waals surface area contributed by atoms with Crippen molar-refractivity contribution in [1.82, 2.24) is 14.7 Å². The number of likely N-dealkylation sites (tertiary alicyclic amines) is 1. The average molecular weight is 361 g/mol. The lowest BCUT2D eigenvalue weighted by Crippen LogP contribution is -2.29. The summed E-state index contributed by atoms with van der Waals surface area (Å²) in [5.74, 6) is -0.0452. The van der Waals surface area contributed by atoms with Gasteiger partial charge in [0.2, 0.25) is 11.8 Å². The third kappa shape index (κ3) is 3.63. The SMILES string of the molecule is O=C1CCC(=O)N1CCCCCn1nc(-c2ccccc2)c2ccccc21. The van der Waals surface area contributed by atoms with Gasteiger partial charge in [0.1, 0.15) is 5.69 Å². The quantitative estimate of drug-likeness (QED) is 0.472. The zero-order valence-electron chi connectivity index (χ0n) is 15.3. The second-order valence-corrected chi connectivity index (χ2v) is 6.95. The normalized spacial score (nSPS) is 14.4. The summed E-state index contributed by atoms with van der Waals surface area (Å²) in [5.41, 5.74) is 3.28. The van der Waals surface area contributed by atoms with Crippen LogP contribution in [-0.2, 0) is 16.1 Å². The van der Waals surface area contributed by atoms with Crippen LogP contribution in [0.1, 0.15) is 32.1 Å². The van der Waals surface area contributed by atoms with E-state index in [1.807, 2.05) is 30.3 Å². The highest BCUT2D eigenvalue weighted by molar-refractivity contribution is 6.01. The summed E-state index contributed by atoms with van der Waals surface area (Å²) >= 11 is 0. The van der Waals surface area contributed by atoms with Gasteiger partial charge in [-0.1, -0.05) is 48.5 Å². The van der Waals surface area contributed by atoms with Crippen LogP contribution in [-0.4, -0.2) is 33.0 Å². The van der Waals surface area contributed by atoms with Gasteiger partial charge in [-0.25, -0.2) is 0 Å². The molecule has 1 aliphatic heterocycles. The lowest BCUT2D eigenvalue weighted by Gasteiger charge is -2.13. The monoisotopic (exact) mass is 361 g/mol. The van der Waals surface area contributed by atoms with E-state index in [1.165, 1.54) is 4.90 Å². The largest absolute Gasteiger partial charge is 0.283 e. The number of carbonyl (C=O) groups excluding carboxylic acids is 2. The Morgan fingerprint density at radius 3 is 2.22 bits per heavy atom. The van der Waals surface area contributed by atoms with E-state index in [1.54, 1.807) is 0 Å². The number of aryl methyl sites for hydroxylation is 1. The molecule has 0 spiro atoms. The topological polar surface area (TPSA) is 55.2 Å². The van der Waals surface area contributed by atoms with Crippen molar-refractivity contribution in [3.8, 4) is 11.3 Å². The smallest absolute Gasteiger partial charge is 0.229 e. The first-order valence-electron chi connectivity index (χ1n) is 9.58. The van der Waals surface area contributed by atoms with Crippen LogP contribution in [0.5, 0.6) is 0 Å². The van der Waals surface area contributed by atoms with Crippen molar-refractivity contribution in [2.24, 2.45) is 0 Å². The third-order valence-corrected chi connectivity index (χ3v) is 5.11. The van der Waals surface area contributed by atoms with Crippen molar-refractivity contribution < 1.29 is 9.59 Å². The Hall–Kier alpha value is -2.95. The molecule has 27 heavy (non-hydrogen) atoms. The zero-order chi connectivity index (χ0) is 18.6. The van der Waals surface area contributed by atoms with Crippen LogP contribution >= 0.6 is 0 Å². The Balaban J connectivity index is 1.41. The predicted molar refractivity (Wildman–Crippen MR) is 105 cm³/mol. The molecule has 0 unspecified atom stereocenters. The van der Waals surface area contributed by atoms with Gasteiger partial charge in [0.25, 0.3) is 0 Å². The number of carbonyl (C=O) groups is 2. The van der Waals surface area contributed by atoms with E-state index >= 15 is 0 Å². The molecule has 3 aromatic rings. The molecule has 2 amide bonds. The van der Waals surface area contributed by atoms with E-state index in [0.29, 0.717) is 19.4 Å². The van der Waals surface area contributed by atoms with Gasteiger partial charge >= 0.3 is 0 Å². The molecule has 0 saturated carbocycles. The summed E-state index contributed by atoms with van der Waals surface area (Å²) in [6, 6.07) is 18.6. The molecule has 0 bridgehead atoms. The molecule has 138 valence electrons. The number of benzene rings is 2. The number of hydrogen-bond donors (Lipinski definition) is 0. The van der Waals surface area contributed by atoms with E-state index in [0.717, 1.165) is 48.0 Å². The second kappa shape index (κ2) is 7.74. The molecule has 5 nitrogen and oxygen atoms in total. The van der Waals surface area contributed by atoms with Crippen molar-refractivity contribution in [3.05, 3.63) is 54.6 Å². The standard InChI is InChI=1S/C22H23N3O2/c26-20-13-14-21(27)24(20)15-7-2-8-16-25-19-12-6-5-11-18(19)22(23-25)17-9-3-1-4-10-17/h1,3-6,9-12H,2,7-8,13-16H2. The number of unbranched alkanes of at least 4 members (excludes halogenated alkanes) is 2. The summed E-state index contributed by atoms with van der Waals surface area (Å²) in [4.78, 5) is 24.7. The maximum absolute atomic E-state index is 11.6. The van der Waals surface area contributed by atoms with E-state index < -0.39 is 0 Å². The Bertz CT molecular complexity index is 946. The fraction of sp³-hybridized carbons (Fsp3) is 0.318. The molecular weight excluding hydrogens is 338 g/mol. The highest BCUT2D eigenvalue weighted by Crippen LogP contribution is 2.28. The number of hydrogen-bond acceptors (Lipinski definition) is 3. The van der Waals surface area contributed by atoms with Gasteiger partial charge in [-0.3, -0.25) is 19.2 Å². The number of fused-ring (bicyclic) bond motifs is 1. The van der Waals surface area contributed by atoms with Crippen molar-refractivity contribution in [1.29, 1.82) is 0 Å². The van der Waals surface area contributed by atoms with Crippen molar-refractivity contribution in [2.75, 3.05) is 6.54 Å². The van der Waals surface area contributed by atoms with Gasteiger partial charge in [0.05, 0.1) is 5.52 Å². The Labute approximate surface area is 158 Å². The van der Waals surface area contributed by atoms with Crippen LogP contribution in [0.3, 0.4) is 0 Å². The molecule has 2 heterocycles. The maximum Gasteiger partial charge on any atom is 0.229 e. The van der Waals surface area contributed by atoms with E-state index in [-0.39, 0.29) is 11.8 Å². The van der Waals surface area contributed by atoms with Gasteiger partial charge in [-0.15, -0.1) is 0 Å². The van der Waals surface area contributed by atoms with E-state index in [4.69, 9.17) is 5.10 Å². The van der Waals surface area contributed by atoms with Gasteiger partial charge in [0.15, 0.2) is 0 Å². The summed E-state index contributed by atoms with van der Waals surface area (Å²) in [6.45, 7) is 1.38. The van der Waals surface area contributed by atoms with Crippen LogP contribution in [0, 0.1) is 0 Å². The molecule has 1 aromatic heterocycles. The lowest BCUT2D eigenvalue weighted by molar-refractivity contribution is -0.138. The van der Waals surface area contributed by atoms with Gasteiger partial charge in [0, 0.05) is 36.9 Å². The van der Waals surface area contributed by atoms with Crippen LogP contribution in [0.4, 0.5) is 0 Å².